The molecule has 2 rings (SSSR count). The fourth-order valence-electron chi connectivity index (χ4n) is 1.77. The molecule has 6 heteroatoms. The third-order valence-corrected chi connectivity index (χ3v) is 3.44. The van der Waals surface area contributed by atoms with Gasteiger partial charge in [0.1, 0.15) is 6.07 Å². The molecule has 0 aliphatic rings. The molecule has 0 aliphatic carbocycles. The van der Waals surface area contributed by atoms with Crippen LogP contribution in [-0.4, -0.2) is 5.91 Å². The second-order valence-electron chi connectivity index (χ2n) is 4.29. The molecule has 0 radical (unpaired) electrons. The summed E-state index contributed by atoms with van der Waals surface area (Å²) in [5.74, 6) is -0.724. The highest BCUT2D eigenvalue weighted by Gasteiger charge is 2.11. The summed E-state index contributed by atoms with van der Waals surface area (Å²) in [6, 6.07) is 11.8. The molecule has 0 aromatic heterocycles. The Labute approximate surface area is 129 Å². The zero-order valence-electron chi connectivity index (χ0n) is 11.1. The molecule has 0 aliphatic heterocycles. The molecule has 0 saturated heterocycles. The lowest BCUT2D eigenvalue weighted by Crippen LogP contribution is -2.05. The van der Waals surface area contributed by atoms with Gasteiger partial charge in [0.25, 0.3) is 0 Å². The van der Waals surface area contributed by atoms with Gasteiger partial charge in [0.05, 0.1) is 15.7 Å². The maximum atomic E-state index is 14.1. The first-order chi connectivity index (χ1) is 10.0. The molecule has 0 saturated carbocycles. The van der Waals surface area contributed by atoms with E-state index in [1.807, 2.05) is 6.07 Å². The van der Waals surface area contributed by atoms with Gasteiger partial charge in [-0.05, 0) is 46.3 Å². The Morgan fingerprint density at radius 1 is 1.29 bits per heavy atom. The first kappa shape index (κ1) is 15.0. The van der Waals surface area contributed by atoms with Crippen molar-refractivity contribution >= 4 is 38.9 Å². The average molecular weight is 348 g/mol. The summed E-state index contributed by atoms with van der Waals surface area (Å²) in [4.78, 5) is 11.0. The smallest absolute Gasteiger partial charge is 0.221 e. The molecule has 4 nitrogen and oxygen atoms in total. The number of amides is 1. The van der Waals surface area contributed by atoms with Gasteiger partial charge in [-0.1, -0.05) is 6.07 Å². The maximum Gasteiger partial charge on any atom is 0.221 e. The van der Waals surface area contributed by atoms with Crippen LogP contribution in [0.4, 0.5) is 21.5 Å². The molecular formula is C15H11BrFN3O. The number of hydrogen-bond acceptors (Lipinski definition) is 3. The minimum absolute atomic E-state index is 0.119. The number of nitrogens with zero attached hydrogens (tertiary/aromatic N) is 1. The van der Waals surface area contributed by atoms with Crippen molar-refractivity contribution in [2.24, 2.45) is 0 Å². The number of carbonyl (C=O) groups is 1. The molecule has 0 heterocycles. The van der Waals surface area contributed by atoms with Crippen LogP contribution in [0.3, 0.4) is 0 Å². The van der Waals surface area contributed by atoms with Gasteiger partial charge in [0.15, 0.2) is 5.82 Å². The molecule has 2 aromatic carbocycles. The lowest BCUT2D eigenvalue weighted by molar-refractivity contribution is -0.114. The zero-order valence-corrected chi connectivity index (χ0v) is 12.7. The van der Waals surface area contributed by atoms with E-state index in [0.717, 1.165) is 0 Å². The molecule has 21 heavy (non-hydrogen) atoms. The maximum absolute atomic E-state index is 14.1. The highest BCUT2D eigenvalue weighted by molar-refractivity contribution is 9.10. The van der Waals surface area contributed by atoms with Crippen molar-refractivity contribution < 1.29 is 9.18 Å². The van der Waals surface area contributed by atoms with Crippen molar-refractivity contribution in [3.63, 3.8) is 0 Å². The number of anilines is 3. The fourth-order valence-corrected chi connectivity index (χ4v) is 2.20. The van der Waals surface area contributed by atoms with Crippen LogP contribution in [0.5, 0.6) is 0 Å². The van der Waals surface area contributed by atoms with Crippen molar-refractivity contribution in [1.82, 2.24) is 0 Å². The number of halogens is 2. The van der Waals surface area contributed by atoms with E-state index in [-0.39, 0.29) is 21.6 Å². The van der Waals surface area contributed by atoms with Crippen LogP contribution in [0, 0.1) is 17.1 Å². The quantitative estimate of drug-likeness (QED) is 0.875. The number of nitriles is 1. The summed E-state index contributed by atoms with van der Waals surface area (Å²) in [6.45, 7) is 1.41. The fraction of sp³-hybridized carbons (Fsp3) is 0.0667. The normalized spacial score (nSPS) is 9.81. The van der Waals surface area contributed by atoms with Gasteiger partial charge in [-0.3, -0.25) is 4.79 Å². The summed E-state index contributed by atoms with van der Waals surface area (Å²) < 4.78 is 14.2. The largest absolute Gasteiger partial charge is 0.353 e. The van der Waals surface area contributed by atoms with Crippen LogP contribution >= 0.6 is 15.9 Å². The number of rotatable bonds is 3. The van der Waals surface area contributed by atoms with Crippen molar-refractivity contribution in [3.8, 4) is 6.07 Å². The van der Waals surface area contributed by atoms with E-state index >= 15 is 0 Å². The van der Waals surface area contributed by atoms with Crippen LogP contribution in [0.2, 0.25) is 0 Å². The first-order valence-corrected chi connectivity index (χ1v) is 6.83. The van der Waals surface area contributed by atoms with Crippen LogP contribution in [-0.2, 0) is 4.79 Å². The SMILES string of the molecule is CC(=O)Nc1cccc(Nc2ccc(C#N)c(Br)c2F)c1. The third kappa shape index (κ3) is 3.58. The molecule has 1 amide bonds. The van der Waals surface area contributed by atoms with E-state index in [4.69, 9.17) is 5.26 Å². The molecule has 0 spiro atoms. The first-order valence-electron chi connectivity index (χ1n) is 6.04. The molecular weight excluding hydrogens is 337 g/mol. The van der Waals surface area contributed by atoms with Crippen LogP contribution in [0.1, 0.15) is 12.5 Å². The summed E-state index contributed by atoms with van der Waals surface area (Å²) in [5, 5.41) is 14.4. The monoisotopic (exact) mass is 347 g/mol. The summed E-state index contributed by atoms with van der Waals surface area (Å²) in [7, 11) is 0. The Morgan fingerprint density at radius 3 is 2.67 bits per heavy atom. The van der Waals surface area contributed by atoms with Gasteiger partial charge in [-0.2, -0.15) is 5.26 Å². The predicted molar refractivity (Wildman–Crippen MR) is 82.8 cm³/mol. The lowest BCUT2D eigenvalue weighted by Gasteiger charge is -2.11. The van der Waals surface area contributed by atoms with E-state index < -0.39 is 5.82 Å². The van der Waals surface area contributed by atoms with Gasteiger partial charge >= 0.3 is 0 Å². The van der Waals surface area contributed by atoms with Gasteiger partial charge < -0.3 is 10.6 Å². The Kier molecular flexibility index (Phi) is 4.55. The predicted octanol–water partition coefficient (Wildman–Crippen LogP) is 4.16. The highest BCUT2D eigenvalue weighted by atomic mass is 79.9. The van der Waals surface area contributed by atoms with E-state index in [2.05, 4.69) is 26.6 Å². The highest BCUT2D eigenvalue weighted by Crippen LogP contribution is 2.29. The van der Waals surface area contributed by atoms with E-state index in [9.17, 15) is 9.18 Å². The standard InChI is InChI=1S/C15H11BrFN3O/c1-9(21)19-11-3-2-4-12(7-11)20-13-6-5-10(8-18)14(16)15(13)17/h2-7,20H,1H3,(H,19,21). The van der Waals surface area contributed by atoms with Gasteiger partial charge in [0, 0.05) is 18.3 Å². The summed E-state index contributed by atoms with van der Waals surface area (Å²) in [6.07, 6.45) is 0. The second-order valence-corrected chi connectivity index (χ2v) is 5.08. The summed E-state index contributed by atoms with van der Waals surface area (Å²) >= 11 is 3.06. The van der Waals surface area contributed by atoms with Gasteiger partial charge in [-0.15, -0.1) is 0 Å². The van der Waals surface area contributed by atoms with Crippen LogP contribution in [0.25, 0.3) is 0 Å². The average Bonchev–Trinajstić information content (AvgIpc) is 2.44. The number of hydrogen-bond donors (Lipinski definition) is 2. The molecule has 2 N–H and O–H groups in total. The Bertz CT molecular complexity index is 740. The Hall–Kier alpha value is -2.39. The number of benzene rings is 2. The van der Waals surface area contributed by atoms with Crippen molar-refractivity contribution in [3.05, 3.63) is 52.3 Å². The summed E-state index contributed by atoms with van der Waals surface area (Å²) in [5.41, 5.74) is 1.70. The zero-order chi connectivity index (χ0) is 15.4. The molecule has 2 aromatic rings. The second kappa shape index (κ2) is 6.37. The van der Waals surface area contributed by atoms with Crippen molar-refractivity contribution in [2.75, 3.05) is 10.6 Å². The minimum Gasteiger partial charge on any atom is -0.353 e. The Balaban J connectivity index is 2.29. The Morgan fingerprint density at radius 2 is 2.00 bits per heavy atom. The molecule has 106 valence electrons. The molecule has 0 fully saturated rings. The number of carbonyl (C=O) groups excluding carboxylic acids is 1. The molecule has 0 unspecified atom stereocenters. The lowest BCUT2D eigenvalue weighted by atomic mass is 10.2. The van der Waals surface area contributed by atoms with Crippen LogP contribution < -0.4 is 10.6 Å². The van der Waals surface area contributed by atoms with Crippen molar-refractivity contribution in [2.45, 2.75) is 6.92 Å². The van der Waals surface area contributed by atoms with Crippen molar-refractivity contribution in [1.29, 1.82) is 5.26 Å². The molecule has 0 atom stereocenters. The molecule has 0 bridgehead atoms. The topological polar surface area (TPSA) is 64.9 Å². The number of nitrogens with one attached hydrogen (secondary N) is 2. The van der Waals surface area contributed by atoms with E-state index in [1.165, 1.54) is 19.1 Å². The minimum atomic E-state index is -0.543. The van der Waals surface area contributed by atoms with E-state index in [0.29, 0.717) is 11.4 Å². The van der Waals surface area contributed by atoms with Gasteiger partial charge in [-0.25, -0.2) is 4.39 Å². The van der Waals surface area contributed by atoms with E-state index in [1.54, 1.807) is 24.3 Å². The third-order valence-electron chi connectivity index (χ3n) is 2.66. The van der Waals surface area contributed by atoms with Crippen LogP contribution in [0.15, 0.2) is 40.9 Å². The van der Waals surface area contributed by atoms with Gasteiger partial charge in [0.2, 0.25) is 5.91 Å².